The molecule has 0 atom stereocenters. The second-order valence-electron chi connectivity index (χ2n) is 10.8. The minimum absolute atomic E-state index is 0.117. The van der Waals surface area contributed by atoms with Gasteiger partial charge in [0.15, 0.2) is 5.96 Å². The molecule has 1 fully saturated rings. The van der Waals surface area contributed by atoms with Crippen molar-refractivity contribution >= 4 is 40.2 Å². The fourth-order valence-corrected chi connectivity index (χ4v) is 5.73. The van der Waals surface area contributed by atoms with Crippen LogP contribution in [0.2, 0.25) is 0 Å². The number of hydrogen-bond acceptors (Lipinski definition) is 8. The predicted octanol–water partition coefficient (Wildman–Crippen LogP) is 2.69. The van der Waals surface area contributed by atoms with Crippen LogP contribution >= 0.6 is 0 Å². The fraction of sp³-hybridized carbons (Fsp3) is 0.433. The van der Waals surface area contributed by atoms with E-state index in [-0.39, 0.29) is 23.0 Å². The molecular weight excluding hydrogens is 518 g/mol. The Bertz CT molecular complexity index is 1530. The Morgan fingerprint density at radius 3 is 2.56 bits per heavy atom. The third kappa shape index (κ3) is 5.48. The van der Waals surface area contributed by atoms with Gasteiger partial charge >= 0.3 is 0 Å². The van der Waals surface area contributed by atoms with Crippen LogP contribution in [0.3, 0.4) is 0 Å². The number of carbonyl (C=O) groups is 2. The summed E-state index contributed by atoms with van der Waals surface area (Å²) in [6.45, 7) is 15.8. The molecule has 1 saturated heterocycles. The molecule has 2 aliphatic rings. The van der Waals surface area contributed by atoms with E-state index in [0.29, 0.717) is 49.3 Å². The maximum absolute atomic E-state index is 12.9. The molecule has 0 radical (unpaired) electrons. The predicted molar refractivity (Wildman–Crippen MR) is 161 cm³/mol. The number of aromatic nitrogens is 3. The topological polar surface area (TPSA) is 134 Å². The van der Waals surface area contributed by atoms with Gasteiger partial charge in [-0.3, -0.25) is 19.9 Å². The van der Waals surface area contributed by atoms with Crippen LogP contribution in [0.1, 0.15) is 54.1 Å². The first-order valence-corrected chi connectivity index (χ1v) is 14.2. The fourth-order valence-electron chi connectivity index (χ4n) is 5.73. The Balaban J connectivity index is 1.21. The van der Waals surface area contributed by atoms with E-state index in [0.717, 1.165) is 48.1 Å². The van der Waals surface area contributed by atoms with Crippen molar-refractivity contribution in [1.29, 1.82) is 0 Å². The molecule has 5 rings (SSSR count). The summed E-state index contributed by atoms with van der Waals surface area (Å²) in [4.78, 5) is 42.9. The number of amides is 2. The van der Waals surface area contributed by atoms with Crippen molar-refractivity contribution in [2.75, 3.05) is 38.5 Å². The smallest absolute Gasteiger partial charge is 0.278 e. The maximum Gasteiger partial charge on any atom is 0.278 e. The molecule has 1 aromatic carbocycles. The molecule has 1 spiro atoms. The van der Waals surface area contributed by atoms with Gasteiger partial charge in [-0.15, -0.1) is 0 Å². The lowest BCUT2D eigenvalue weighted by Crippen LogP contribution is -2.55. The Morgan fingerprint density at radius 1 is 1.12 bits per heavy atom. The van der Waals surface area contributed by atoms with E-state index in [9.17, 15) is 9.59 Å². The van der Waals surface area contributed by atoms with E-state index in [1.165, 1.54) is 0 Å². The van der Waals surface area contributed by atoms with Gasteiger partial charge in [0.2, 0.25) is 5.91 Å². The van der Waals surface area contributed by atoms with Crippen LogP contribution in [0.15, 0.2) is 42.0 Å². The molecule has 4 N–H and O–H groups in total. The quantitative estimate of drug-likeness (QED) is 0.407. The lowest BCUT2D eigenvalue weighted by atomic mass is 9.87. The first-order valence-electron chi connectivity index (χ1n) is 14.2. The van der Waals surface area contributed by atoms with Gasteiger partial charge in [0.1, 0.15) is 18.1 Å². The van der Waals surface area contributed by atoms with Crippen molar-refractivity contribution in [3.8, 4) is 0 Å². The van der Waals surface area contributed by atoms with Gasteiger partial charge in [0.25, 0.3) is 5.91 Å². The van der Waals surface area contributed by atoms with E-state index in [1.807, 2.05) is 35.6 Å². The summed E-state index contributed by atoms with van der Waals surface area (Å²) in [7, 11) is 0. The number of guanidine groups is 1. The molecular formula is C30H39N9O2. The van der Waals surface area contributed by atoms with E-state index >= 15 is 0 Å². The summed E-state index contributed by atoms with van der Waals surface area (Å²) < 4.78 is 2.02. The second kappa shape index (κ2) is 11.2. The first-order chi connectivity index (χ1) is 19.6. The molecule has 41 heavy (non-hydrogen) atoms. The largest absolute Gasteiger partial charge is 0.382 e. The van der Waals surface area contributed by atoms with Crippen LogP contribution in [-0.2, 0) is 11.3 Å². The number of likely N-dealkylation sites (tertiary alicyclic amines) is 1. The normalized spacial score (nSPS) is 16.0. The summed E-state index contributed by atoms with van der Waals surface area (Å²) >= 11 is 0. The summed E-state index contributed by atoms with van der Waals surface area (Å²) in [6.07, 6.45) is 3.69. The number of carbonyl (C=O) groups excluding carboxylic acids is 2. The molecule has 0 unspecified atom stereocenters. The zero-order valence-electron chi connectivity index (χ0n) is 24.3. The molecule has 0 aliphatic carbocycles. The number of anilines is 1. The third-order valence-electron chi connectivity index (χ3n) is 8.30. The second-order valence-corrected chi connectivity index (χ2v) is 10.8. The number of piperidine rings is 1. The van der Waals surface area contributed by atoms with Crippen molar-refractivity contribution < 1.29 is 9.59 Å². The van der Waals surface area contributed by atoms with Gasteiger partial charge < -0.3 is 25.4 Å². The highest BCUT2D eigenvalue weighted by Gasteiger charge is 2.39. The van der Waals surface area contributed by atoms with Gasteiger partial charge in [-0.1, -0.05) is 18.7 Å². The van der Waals surface area contributed by atoms with E-state index in [1.54, 1.807) is 13.8 Å². The Morgan fingerprint density at radius 2 is 1.85 bits per heavy atom. The van der Waals surface area contributed by atoms with Crippen LogP contribution in [0.25, 0.3) is 16.6 Å². The number of benzene rings is 1. The van der Waals surface area contributed by atoms with Crippen molar-refractivity contribution in [2.24, 2.45) is 4.99 Å². The zero-order chi connectivity index (χ0) is 29.3. The minimum atomic E-state index is -0.356. The average molecular weight is 558 g/mol. The summed E-state index contributed by atoms with van der Waals surface area (Å²) in [6, 6.07) is 8.26. The van der Waals surface area contributed by atoms with Crippen molar-refractivity contribution in [2.45, 2.75) is 52.6 Å². The van der Waals surface area contributed by atoms with Crippen LogP contribution in [0, 0.1) is 13.8 Å². The molecule has 2 amide bonds. The Hall–Kier alpha value is -4.41. The number of nitrogens with one attached hydrogen (secondary N) is 2. The molecule has 3 aromatic rings. The lowest BCUT2D eigenvalue weighted by Gasteiger charge is -2.41. The van der Waals surface area contributed by atoms with Gasteiger partial charge in [-0.2, -0.15) is 0 Å². The number of likely N-dealkylation sites (N-methyl/N-ethyl adjacent to an activating group) is 1. The molecule has 2 aliphatic heterocycles. The summed E-state index contributed by atoms with van der Waals surface area (Å²) in [5.41, 5.74) is 9.92. The highest BCUT2D eigenvalue weighted by Crippen LogP contribution is 2.33. The monoisotopic (exact) mass is 557 g/mol. The van der Waals surface area contributed by atoms with Gasteiger partial charge in [-0.25, -0.2) is 9.97 Å². The number of nitrogens with zero attached hydrogens (tertiary/aromatic N) is 6. The highest BCUT2D eigenvalue weighted by atomic mass is 16.2. The van der Waals surface area contributed by atoms with Crippen LogP contribution in [0.4, 0.5) is 5.82 Å². The average Bonchev–Trinajstić information content (AvgIpc) is 3.55. The van der Waals surface area contributed by atoms with Crippen molar-refractivity contribution in [3.63, 3.8) is 0 Å². The molecule has 0 bridgehead atoms. The van der Waals surface area contributed by atoms with Crippen LogP contribution < -0.4 is 16.4 Å². The van der Waals surface area contributed by atoms with Gasteiger partial charge in [0, 0.05) is 54.5 Å². The third-order valence-corrected chi connectivity index (χ3v) is 8.30. The lowest BCUT2D eigenvalue weighted by molar-refractivity contribution is -0.131. The van der Waals surface area contributed by atoms with Crippen molar-refractivity contribution in [3.05, 3.63) is 59.7 Å². The van der Waals surface area contributed by atoms with Crippen molar-refractivity contribution in [1.82, 2.24) is 35.0 Å². The first kappa shape index (κ1) is 28.1. The molecule has 2 aromatic heterocycles. The number of rotatable bonds is 7. The standard InChI is InChI=1S/C30H39N9O2/c1-6-37(7-2)25(40)17-39-14-11-23-22(9-8-10-24(23)39)21(5)38-15-12-30(13-16-38)18-32-29(36-30)35-28(41)26-19(3)34-27(31)20(4)33-26/h8-11,14H,5-7,12-13,15-18H2,1-4H3,(H2,31,34)(H2,32,35,36,41). The molecule has 11 heteroatoms. The molecule has 216 valence electrons. The summed E-state index contributed by atoms with van der Waals surface area (Å²) in [5.74, 6) is 0.544. The highest BCUT2D eigenvalue weighted by molar-refractivity contribution is 6.06. The minimum Gasteiger partial charge on any atom is -0.382 e. The summed E-state index contributed by atoms with van der Waals surface area (Å²) in [5, 5.41) is 7.42. The maximum atomic E-state index is 12.9. The van der Waals surface area contributed by atoms with Gasteiger partial charge in [0.05, 0.1) is 23.5 Å². The zero-order valence-corrected chi connectivity index (χ0v) is 24.3. The number of hydrogen-bond donors (Lipinski definition) is 3. The number of fused-ring (bicyclic) bond motifs is 1. The number of nitrogens with two attached hydrogens (primary N) is 1. The van der Waals surface area contributed by atoms with Crippen LogP contribution in [-0.4, -0.2) is 80.4 Å². The number of nitrogen functional groups attached to an aromatic ring is 1. The Labute approximate surface area is 240 Å². The molecule has 11 nitrogen and oxygen atoms in total. The van der Waals surface area contributed by atoms with Gasteiger partial charge in [-0.05, 0) is 52.7 Å². The van der Waals surface area contributed by atoms with E-state index < -0.39 is 0 Å². The Kier molecular flexibility index (Phi) is 7.70. The van der Waals surface area contributed by atoms with E-state index in [2.05, 4.69) is 55.3 Å². The number of aryl methyl sites for hydroxylation is 2. The molecule has 4 heterocycles. The molecule has 0 saturated carbocycles. The SMILES string of the molecule is C=C(c1cccc2c1ccn2CC(=O)N(CC)CC)N1CCC2(CC1)CN=C(NC(=O)c1nc(C)c(N)nc1C)N2. The number of aliphatic imine (C=N–C) groups is 1. The van der Waals surface area contributed by atoms with Crippen LogP contribution in [0.5, 0.6) is 0 Å². The van der Waals surface area contributed by atoms with E-state index in [4.69, 9.17) is 5.73 Å².